The van der Waals surface area contributed by atoms with Crippen LogP contribution in [-0.4, -0.2) is 49.7 Å². The molecule has 20 heavy (non-hydrogen) atoms. The van der Waals surface area contributed by atoms with Crippen LogP contribution in [0.25, 0.3) is 0 Å². The van der Waals surface area contributed by atoms with Gasteiger partial charge in [-0.1, -0.05) is 20.3 Å². The molecule has 2 unspecified atom stereocenters. The maximum absolute atomic E-state index is 12.1. The minimum Gasteiger partial charge on any atom is -0.465 e. The number of hydrogen-bond acceptors (Lipinski definition) is 4. The van der Waals surface area contributed by atoms with E-state index in [1.54, 1.807) is 0 Å². The molecule has 1 saturated heterocycles. The van der Waals surface area contributed by atoms with Crippen LogP contribution in [0.15, 0.2) is 0 Å². The molecule has 1 heterocycles. The van der Waals surface area contributed by atoms with Gasteiger partial charge in [-0.3, -0.25) is 9.69 Å². The van der Waals surface area contributed by atoms with Gasteiger partial charge in [-0.2, -0.15) is 0 Å². The Morgan fingerprint density at radius 3 is 2.80 bits per heavy atom. The van der Waals surface area contributed by atoms with E-state index in [1.165, 1.54) is 19.3 Å². The van der Waals surface area contributed by atoms with Crippen LogP contribution >= 0.6 is 0 Å². The van der Waals surface area contributed by atoms with Crippen molar-refractivity contribution in [3.63, 3.8) is 0 Å². The number of hydrogen-bond donors (Lipinski definition) is 1. The van der Waals surface area contributed by atoms with Gasteiger partial charge in [0.15, 0.2) is 0 Å². The van der Waals surface area contributed by atoms with E-state index in [0.29, 0.717) is 12.5 Å². The largest absolute Gasteiger partial charge is 0.465 e. The highest BCUT2D eigenvalue weighted by molar-refractivity contribution is 5.75. The molecule has 0 aromatic rings. The Balaban J connectivity index is 2.50. The van der Waals surface area contributed by atoms with E-state index >= 15 is 0 Å². The van der Waals surface area contributed by atoms with Crippen LogP contribution in [0.1, 0.15) is 52.9 Å². The molecule has 4 heteroatoms. The van der Waals surface area contributed by atoms with Crippen molar-refractivity contribution in [2.45, 2.75) is 58.9 Å². The number of carbonyl (C=O) groups excluding carboxylic acids is 1. The van der Waals surface area contributed by atoms with Crippen LogP contribution in [0, 0.1) is 5.92 Å². The van der Waals surface area contributed by atoms with Gasteiger partial charge in [0.1, 0.15) is 6.04 Å². The molecule has 0 bridgehead atoms. The first-order valence-electron chi connectivity index (χ1n) is 8.34. The molecule has 2 atom stereocenters. The molecule has 0 saturated carbocycles. The zero-order valence-corrected chi connectivity index (χ0v) is 13.5. The quantitative estimate of drug-likeness (QED) is 0.521. The molecular weight excluding hydrogens is 252 g/mol. The van der Waals surface area contributed by atoms with E-state index < -0.39 is 0 Å². The predicted molar refractivity (Wildman–Crippen MR) is 82.8 cm³/mol. The summed E-state index contributed by atoms with van der Waals surface area (Å²) < 4.78 is 5.25. The second-order valence-electron chi connectivity index (χ2n) is 5.76. The molecule has 1 rings (SSSR count). The number of esters is 1. The highest BCUT2D eigenvalue weighted by Crippen LogP contribution is 2.20. The minimum absolute atomic E-state index is 0.0310. The third kappa shape index (κ3) is 5.80. The molecule has 1 aliphatic heterocycles. The molecule has 1 N–H and O–H groups in total. The Morgan fingerprint density at radius 1 is 1.35 bits per heavy atom. The average molecular weight is 284 g/mol. The molecule has 1 aliphatic rings. The summed E-state index contributed by atoms with van der Waals surface area (Å²) in [5, 5.41) is 3.51. The Labute approximate surface area is 124 Å². The van der Waals surface area contributed by atoms with Crippen molar-refractivity contribution in [1.82, 2.24) is 10.2 Å². The molecule has 0 aromatic carbocycles. The summed E-state index contributed by atoms with van der Waals surface area (Å²) in [5.74, 6) is 0.639. The van der Waals surface area contributed by atoms with Crippen molar-refractivity contribution in [1.29, 1.82) is 0 Å². The smallest absolute Gasteiger partial charge is 0.323 e. The summed E-state index contributed by atoms with van der Waals surface area (Å²) in [6.07, 6.45) is 5.58. The predicted octanol–water partition coefficient (Wildman–Crippen LogP) is 2.43. The van der Waals surface area contributed by atoms with Crippen molar-refractivity contribution in [3.05, 3.63) is 0 Å². The van der Waals surface area contributed by atoms with E-state index in [4.69, 9.17) is 4.74 Å². The SMILES string of the molecule is CCCNCC1CCCN(C(CCC)C(=O)OCC)C1. The van der Waals surface area contributed by atoms with Gasteiger partial charge in [0, 0.05) is 6.54 Å². The van der Waals surface area contributed by atoms with E-state index in [1.807, 2.05) is 6.92 Å². The molecule has 0 aliphatic carbocycles. The molecule has 0 spiro atoms. The Kier molecular flexibility index (Phi) is 8.86. The lowest BCUT2D eigenvalue weighted by Crippen LogP contribution is -2.48. The Bertz CT molecular complexity index is 271. The fraction of sp³-hybridized carbons (Fsp3) is 0.938. The maximum atomic E-state index is 12.1. The van der Waals surface area contributed by atoms with Crippen LogP contribution in [0.4, 0.5) is 0 Å². The molecule has 1 fully saturated rings. The fourth-order valence-electron chi connectivity index (χ4n) is 2.99. The van der Waals surface area contributed by atoms with Crippen molar-refractivity contribution in [2.75, 3.05) is 32.8 Å². The average Bonchev–Trinajstić information content (AvgIpc) is 2.45. The summed E-state index contributed by atoms with van der Waals surface area (Å²) in [7, 11) is 0. The number of likely N-dealkylation sites (tertiary alicyclic amines) is 1. The normalized spacial score (nSPS) is 21.6. The van der Waals surface area contributed by atoms with E-state index in [9.17, 15) is 4.79 Å². The van der Waals surface area contributed by atoms with Crippen molar-refractivity contribution in [3.8, 4) is 0 Å². The van der Waals surface area contributed by atoms with Crippen LogP contribution in [0.2, 0.25) is 0 Å². The standard InChI is InChI=1S/C16H32N2O2/c1-4-8-15(16(19)20-6-3)18-11-7-9-14(13-18)12-17-10-5-2/h14-15,17H,4-13H2,1-3H3. The summed E-state index contributed by atoms with van der Waals surface area (Å²) in [5.41, 5.74) is 0. The highest BCUT2D eigenvalue weighted by Gasteiger charge is 2.30. The van der Waals surface area contributed by atoms with E-state index in [-0.39, 0.29) is 12.0 Å². The van der Waals surface area contributed by atoms with Gasteiger partial charge in [0.25, 0.3) is 0 Å². The lowest BCUT2D eigenvalue weighted by atomic mass is 9.95. The third-order valence-electron chi connectivity index (χ3n) is 3.97. The zero-order valence-electron chi connectivity index (χ0n) is 13.5. The zero-order chi connectivity index (χ0) is 14.8. The molecule has 0 aromatic heterocycles. The topological polar surface area (TPSA) is 41.6 Å². The highest BCUT2D eigenvalue weighted by atomic mass is 16.5. The second kappa shape index (κ2) is 10.2. The number of carbonyl (C=O) groups is 1. The van der Waals surface area contributed by atoms with Gasteiger partial charge in [0.2, 0.25) is 0 Å². The maximum Gasteiger partial charge on any atom is 0.323 e. The number of nitrogens with one attached hydrogen (secondary N) is 1. The fourth-order valence-corrected chi connectivity index (χ4v) is 2.99. The number of ether oxygens (including phenoxy) is 1. The summed E-state index contributed by atoms with van der Waals surface area (Å²) in [6.45, 7) is 10.9. The Hall–Kier alpha value is -0.610. The van der Waals surface area contributed by atoms with E-state index in [2.05, 4.69) is 24.1 Å². The lowest BCUT2D eigenvalue weighted by Gasteiger charge is -2.37. The van der Waals surface area contributed by atoms with Crippen LogP contribution in [-0.2, 0) is 9.53 Å². The van der Waals surface area contributed by atoms with Gasteiger partial charge in [0.05, 0.1) is 6.61 Å². The van der Waals surface area contributed by atoms with Crippen LogP contribution in [0.5, 0.6) is 0 Å². The monoisotopic (exact) mass is 284 g/mol. The molecule has 0 amide bonds. The van der Waals surface area contributed by atoms with Gasteiger partial charge in [-0.25, -0.2) is 0 Å². The first kappa shape index (κ1) is 17.4. The number of rotatable bonds is 9. The van der Waals surface area contributed by atoms with Gasteiger partial charge < -0.3 is 10.1 Å². The van der Waals surface area contributed by atoms with Crippen LogP contribution < -0.4 is 5.32 Å². The molecule has 4 nitrogen and oxygen atoms in total. The number of nitrogens with zero attached hydrogens (tertiary/aromatic N) is 1. The van der Waals surface area contributed by atoms with Crippen LogP contribution in [0.3, 0.4) is 0 Å². The summed E-state index contributed by atoms with van der Waals surface area (Å²) in [4.78, 5) is 14.5. The third-order valence-corrected chi connectivity index (χ3v) is 3.97. The van der Waals surface area contributed by atoms with Gasteiger partial charge in [-0.05, 0) is 58.2 Å². The lowest BCUT2D eigenvalue weighted by molar-refractivity contribution is -0.150. The molecular formula is C16H32N2O2. The number of piperidine rings is 1. The van der Waals surface area contributed by atoms with Crippen molar-refractivity contribution >= 4 is 5.97 Å². The summed E-state index contributed by atoms with van der Waals surface area (Å²) in [6, 6.07) is -0.0334. The van der Waals surface area contributed by atoms with Gasteiger partial charge >= 0.3 is 5.97 Å². The Morgan fingerprint density at radius 2 is 2.15 bits per heavy atom. The minimum atomic E-state index is -0.0334. The van der Waals surface area contributed by atoms with E-state index in [0.717, 1.165) is 39.0 Å². The van der Waals surface area contributed by atoms with Crippen molar-refractivity contribution < 1.29 is 9.53 Å². The van der Waals surface area contributed by atoms with Crippen molar-refractivity contribution in [2.24, 2.45) is 5.92 Å². The summed E-state index contributed by atoms with van der Waals surface area (Å²) >= 11 is 0. The first-order valence-corrected chi connectivity index (χ1v) is 8.34. The van der Waals surface area contributed by atoms with Gasteiger partial charge in [-0.15, -0.1) is 0 Å². The molecule has 0 radical (unpaired) electrons. The first-order chi connectivity index (χ1) is 9.72. The molecule has 118 valence electrons. The second-order valence-corrected chi connectivity index (χ2v) is 5.76.